The highest BCUT2D eigenvalue weighted by Gasteiger charge is 2.14. The van der Waals surface area contributed by atoms with Crippen LogP contribution in [0.3, 0.4) is 0 Å². The first-order valence-corrected chi connectivity index (χ1v) is 13.9. The highest BCUT2D eigenvalue weighted by atomic mass is 16.5. The van der Waals surface area contributed by atoms with Gasteiger partial charge >= 0.3 is 0 Å². The predicted octanol–water partition coefficient (Wildman–Crippen LogP) is 9.64. The number of hydrogen-bond donors (Lipinski definition) is 2. The second-order valence-electron chi connectivity index (χ2n) is 11.2. The number of nitrogens with one attached hydrogen (secondary N) is 2. The third-order valence-corrected chi connectivity index (χ3v) is 6.76. The second-order valence-corrected chi connectivity index (χ2v) is 11.2. The van der Waals surface area contributed by atoms with Gasteiger partial charge in [0.15, 0.2) is 0 Å². The maximum atomic E-state index is 5.40. The summed E-state index contributed by atoms with van der Waals surface area (Å²) in [7, 11) is 1.70. The molecule has 0 aliphatic carbocycles. The van der Waals surface area contributed by atoms with Crippen molar-refractivity contribution in [3.05, 3.63) is 72.8 Å². The van der Waals surface area contributed by atoms with E-state index in [1.807, 2.05) is 12.1 Å². The number of benzene rings is 3. The quantitative estimate of drug-likeness (QED) is 0.230. The van der Waals surface area contributed by atoms with Gasteiger partial charge in [0, 0.05) is 40.5 Å². The van der Waals surface area contributed by atoms with Crippen molar-refractivity contribution in [1.82, 2.24) is 0 Å². The van der Waals surface area contributed by atoms with Crippen LogP contribution < -0.4 is 20.3 Å². The first kappa shape index (κ1) is 28.4. The van der Waals surface area contributed by atoms with Crippen LogP contribution in [0.1, 0.15) is 67.2 Å². The molecule has 0 aliphatic heterocycles. The molecule has 37 heavy (non-hydrogen) atoms. The molecule has 200 valence electrons. The lowest BCUT2D eigenvalue weighted by Crippen LogP contribution is -2.16. The smallest absolute Gasteiger partial charge is 0.119 e. The van der Waals surface area contributed by atoms with Crippen molar-refractivity contribution < 1.29 is 4.74 Å². The topological polar surface area (TPSA) is 36.5 Å². The lowest BCUT2D eigenvalue weighted by Gasteiger charge is -2.26. The molecule has 4 nitrogen and oxygen atoms in total. The normalized spacial score (nSPS) is 12.9. The van der Waals surface area contributed by atoms with E-state index in [2.05, 4.69) is 118 Å². The fourth-order valence-corrected chi connectivity index (χ4v) is 4.47. The van der Waals surface area contributed by atoms with Crippen LogP contribution in [0.4, 0.5) is 28.4 Å². The summed E-state index contributed by atoms with van der Waals surface area (Å²) in [6.45, 7) is 13.7. The van der Waals surface area contributed by atoms with Gasteiger partial charge in [-0.05, 0) is 124 Å². The second kappa shape index (κ2) is 14.0. The van der Waals surface area contributed by atoms with Crippen molar-refractivity contribution in [2.45, 2.75) is 79.3 Å². The van der Waals surface area contributed by atoms with Crippen LogP contribution in [-0.4, -0.2) is 19.2 Å². The van der Waals surface area contributed by atoms with Crippen LogP contribution in [0, 0.1) is 11.8 Å². The monoisotopic (exact) mass is 501 g/mol. The average Bonchev–Trinajstić information content (AvgIpc) is 2.89. The SMILES string of the molecule is COc1ccc(N(c2ccc(NC(C)CCC(C)C)cc2)c2ccc(NC(C)CCC(C)C)cc2)cc1. The van der Waals surface area contributed by atoms with Gasteiger partial charge in [0.1, 0.15) is 5.75 Å². The van der Waals surface area contributed by atoms with Gasteiger partial charge < -0.3 is 20.3 Å². The van der Waals surface area contributed by atoms with Gasteiger partial charge in [-0.1, -0.05) is 27.7 Å². The Morgan fingerprint density at radius 3 is 1.22 bits per heavy atom. The van der Waals surface area contributed by atoms with Crippen LogP contribution in [0.5, 0.6) is 5.75 Å². The van der Waals surface area contributed by atoms with Gasteiger partial charge in [-0.25, -0.2) is 0 Å². The molecule has 0 aromatic heterocycles. The molecule has 3 aromatic rings. The van der Waals surface area contributed by atoms with Gasteiger partial charge in [-0.2, -0.15) is 0 Å². The molecular formula is C33H47N3O. The van der Waals surface area contributed by atoms with E-state index in [0.29, 0.717) is 12.1 Å². The van der Waals surface area contributed by atoms with E-state index in [1.165, 1.54) is 25.7 Å². The fraction of sp³-hybridized carbons (Fsp3) is 0.455. The Kier molecular flexibility index (Phi) is 10.7. The van der Waals surface area contributed by atoms with Crippen molar-refractivity contribution in [3.8, 4) is 5.75 Å². The van der Waals surface area contributed by atoms with Crippen LogP contribution in [0.15, 0.2) is 72.8 Å². The van der Waals surface area contributed by atoms with Gasteiger partial charge in [0.2, 0.25) is 0 Å². The third kappa shape index (κ3) is 9.03. The van der Waals surface area contributed by atoms with E-state index in [1.54, 1.807) is 7.11 Å². The molecule has 2 atom stereocenters. The molecule has 3 aromatic carbocycles. The molecule has 0 bridgehead atoms. The molecule has 0 amide bonds. The minimum atomic E-state index is 0.453. The molecule has 2 N–H and O–H groups in total. The first-order valence-electron chi connectivity index (χ1n) is 13.9. The van der Waals surface area contributed by atoms with E-state index in [9.17, 15) is 0 Å². The van der Waals surface area contributed by atoms with Crippen LogP contribution in [0.2, 0.25) is 0 Å². The van der Waals surface area contributed by atoms with Crippen LogP contribution >= 0.6 is 0 Å². The van der Waals surface area contributed by atoms with Crippen molar-refractivity contribution in [2.24, 2.45) is 11.8 Å². The first-order chi connectivity index (χ1) is 17.7. The molecule has 0 heterocycles. The Morgan fingerprint density at radius 2 is 0.892 bits per heavy atom. The Labute approximate surface area is 225 Å². The number of anilines is 5. The molecular weight excluding hydrogens is 454 g/mol. The van der Waals surface area contributed by atoms with Crippen LogP contribution in [-0.2, 0) is 0 Å². The molecule has 0 saturated heterocycles. The van der Waals surface area contributed by atoms with E-state index in [-0.39, 0.29) is 0 Å². The highest BCUT2D eigenvalue weighted by Crippen LogP contribution is 2.36. The molecule has 0 radical (unpaired) electrons. The summed E-state index contributed by atoms with van der Waals surface area (Å²) in [6.07, 6.45) is 4.82. The Balaban J connectivity index is 1.80. The molecule has 4 heteroatoms. The van der Waals surface area contributed by atoms with E-state index >= 15 is 0 Å². The summed E-state index contributed by atoms with van der Waals surface area (Å²) in [5.74, 6) is 2.32. The summed E-state index contributed by atoms with van der Waals surface area (Å²) in [5.41, 5.74) is 5.65. The summed E-state index contributed by atoms with van der Waals surface area (Å²) in [4.78, 5) is 2.29. The maximum absolute atomic E-state index is 5.40. The molecule has 2 unspecified atom stereocenters. The molecule has 0 spiro atoms. The lowest BCUT2D eigenvalue weighted by atomic mass is 10.0. The van der Waals surface area contributed by atoms with E-state index in [4.69, 9.17) is 4.74 Å². The maximum Gasteiger partial charge on any atom is 0.119 e. The molecule has 0 fully saturated rings. The van der Waals surface area contributed by atoms with Crippen molar-refractivity contribution in [2.75, 3.05) is 22.6 Å². The lowest BCUT2D eigenvalue weighted by molar-refractivity contribution is 0.415. The van der Waals surface area contributed by atoms with Crippen molar-refractivity contribution in [1.29, 1.82) is 0 Å². The molecule has 3 rings (SSSR count). The minimum absolute atomic E-state index is 0.453. The van der Waals surface area contributed by atoms with Crippen molar-refractivity contribution in [3.63, 3.8) is 0 Å². The zero-order valence-corrected chi connectivity index (χ0v) is 23.9. The number of hydrogen-bond acceptors (Lipinski definition) is 4. The molecule has 0 saturated carbocycles. The third-order valence-electron chi connectivity index (χ3n) is 6.76. The number of methoxy groups -OCH3 is 1. The number of rotatable bonds is 14. The van der Waals surface area contributed by atoms with Gasteiger partial charge in [-0.15, -0.1) is 0 Å². The summed E-state index contributed by atoms with van der Waals surface area (Å²) in [6, 6.07) is 26.7. The largest absolute Gasteiger partial charge is 0.497 e. The fourth-order valence-electron chi connectivity index (χ4n) is 4.47. The summed E-state index contributed by atoms with van der Waals surface area (Å²) < 4.78 is 5.40. The summed E-state index contributed by atoms with van der Waals surface area (Å²) in [5, 5.41) is 7.31. The Morgan fingerprint density at radius 1 is 0.541 bits per heavy atom. The molecule has 0 aliphatic rings. The van der Waals surface area contributed by atoms with Gasteiger partial charge in [0.05, 0.1) is 7.11 Å². The highest BCUT2D eigenvalue weighted by molar-refractivity contribution is 5.78. The number of ether oxygens (including phenoxy) is 1. The summed E-state index contributed by atoms with van der Waals surface area (Å²) >= 11 is 0. The van der Waals surface area contributed by atoms with E-state index in [0.717, 1.165) is 46.0 Å². The van der Waals surface area contributed by atoms with Crippen molar-refractivity contribution >= 4 is 28.4 Å². The Hall–Kier alpha value is -3.14. The predicted molar refractivity (Wildman–Crippen MR) is 162 cm³/mol. The van der Waals surface area contributed by atoms with E-state index < -0.39 is 0 Å². The number of nitrogens with zero attached hydrogens (tertiary/aromatic N) is 1. The van der Waals surface area contributed by atoms with Gasteiger partial charge in [-0.3, -0.25) is 0 Å². The standard InChI is InChI=1S/C33H47N3O/c1-24(2)8-10-26(5)34-28-12-16-30(17-13-28)36(32-20-22-33(37-7)23-21-32)31-18-14-29(15-19-31)35-27(6)11-9-25(3)4/h12-27,34-35H,8-11H2,1-7H3. The van der Waals surface area contributed by atoms with Crippen LogP contribution in [0.25, 0.3) is 0 Å². The minimum Gasteiger partial charge on any atom is -0.497 e. The zero-order valence-electron chi connectivity index (χ0n) is 23.9. The zero-order chi connectivity index (χ0) is 26.8. The average molecular weight is 502 g/mol. The van der Waals surface area contributed by atoms with Gasteiger partial charge in [0.25, 0.3) is 0 Å². The Bertz CT molecular complexity index is 979.